The van der Waals surface area contributed by atoms with Gasteiger partial charge in [-0.25, -0.2) is 17.9 Å². The summed E-state index contributed by atoms with van der Waals surface area (Å²) in [6, 6.07) is 2.54. The fourth-order valence-electron chi connectivity index (χ4n) is 2.29. The van der Waals surface area contributed by atoms with Gasteiger partial charge in [0.25, 0.3) is 10.0 Å². The quantitative estimate of drug-likeness (QED) is 0.784. The molecule has 1 aliphatic carbocycles. The molecular formula is C13H20N2O5S. The Morgan fingerprint density at radius 1 is 1.38 bits per heavy atom. The lowest BCUT2D eigenvalue weighted by Crippen LogP contribution is -2.40. The fourth-order valence-corrected chi connectivity index (χ4v) is 3.53. The maximum atomic E-state index is 12.2. The van der Waals surface area contributed by atoms with E-state index < -0.39 is 16.0 Å². The zero-order valence-corrected chi connectivity index (χ0v) is 12.7. The van der Waals surface area contributed by atoms with Gasteiger partial charge in [-0.15, -0.1) is 0 Å². The number of rotatable bonds is 5. The van der Waals surface area contributed by atoms with Gasteiger partial charge in [0.1, 0.15) is 0 Å². The largest absolute Gasteiger partial charge is 0.460 e. The predicted octanol–water partition coefficient (Wildman–Crippen LogP) is 1.00. The maximum Gasteiger partial charge on any atom is 0.374 e. The Labute approximate surface area is 123 Å². The van der Waals surface area contributed by atoms with Gasteiger partial charge < -0.3 is 14.9 Å². The molecule has 1 aromatic rings. The lowest BCUT2D eigenvalue weighted by molar-refractivity contribution is 0.0484. The number of sulfonamides is 1. The van der Waals surface area contributed by atoms with E-state index in [1.54, 1.807) is 6.92 Å². The third-order valence-corrected chi connectivity index (χ3v) is 4.81. The van der Waals surface area contributed by atoms with E-state index >= 15 is 0 Å². The average molecular weight is 316 g/mol. The van der Waals surface area contributed by atoms with Gasteiger partial charge in [-0.3, -0.25) is 0 Å². The molecule has 0 bridgehead atoms. The van der Waals surface area contributed by atoms with Crippen LogP contribution >= 0.6 is 0 Å². The molecule has 7 nitrogen and oxygen atoms in total. The number of hydrogen-bond acceptors (Lipinski definition) is 6. The summed E-state index contributed by atoms with van der Waals surface area (Å²) in [6.07, 6.45) is 2.98. The summed E-state index contributed by atoms with van der Waals surface area (Å²) in [7, 11) is -3.77. The summed E-state index contributed by atoms with van der Waals surface area (Å²) < 4.78 is 36.8. The van der Waals surface area contributed by atoms with Crippen molar-refractivity contribution >= 4 is 16.0 Å². The summed E-state index contributed by atoms with van der Waals surface area (Å²) in [5.74, 6) is -0.800. The molecule has 1 fully saturated rings. The molecule has 0 atom stereocenters. The van der Waals surface area contributed by atoms with Crippen LogP contribution in [0.25, 0.3) is 0 Å². The minimum Gasteiger partial charge on any atom is -0.460 e. The van der Waals surface area contributed by atoms with Crippen molar-refractivity contribution in [1.82, 2.24) is 4.72 Å². The SMILES string of the molecule is CCOC(=O)c1ccc(S(=O)(=O)NC2CCC(N)CC2)o1. The number of furan rings is 1. The molecule has 3 N–H and O–H groups in total. The molecule has 1 aliphatic rings. The van der Waals surface area contributed by atoms with E-state index in [0.717, 1.165) is 12.8 Å². The molecule has 118 valence electrons. The highest BCUT2D eigenvalue weighted by Gasteiger charge is 2.27. The zero-order valence-electron chi connectivity index (χ0n) is 11.9. The summed E-state index contributed by atoms with van der Waals surface area (Å²) in [5.41, 5.74) is 5.79. The fraction of sp³-hybridized carbons (Fsp3) is 0.615. The molecule has 2 rings (SSSR count). The van der Waals surface area contributed by atoms with E-state index in [1.165, 1.54) is 12.1 Å². The molecule has 1 aromatic heterocycles. The highest BCUT2D eigenvalue weighted by Crippen LogP contribution is 2.21. The van der Waals surface area contributed by atoms with Crippen molar-refractivity contribution in [3.63, 3.8) is 0 Å². The molecule has 0 unspecified atom stereocenters. The van der Waals surface area contributed by atoms with E-state index in [1.807, 2.05) is 0 Å². The number of ether oxygens (including phenoxy) is 1. The Hall–Kier alpha value is -1.38. The Morgan fingerprint density at radius 3 is 2.67 bits per heavy atom. The topological polar surface area (TPSA) is 112 Å². The van der Waals surface area contributed by atoms with Gasteiger partial charge >= 0.3 is 5.97 Å². The molecule has 0 radical (unpaired) electrons. The number of carbonyl (C=O) groups excluding carboxylic acids is 1. The summed E-state index contributed by atoms with van der Waals surface area (Å²) >= 11 is 0. The third kappa shape index (κ3) is 4.05. The minimum absolute atomic E-state index is 0.122. The van der Waals surface area contributed by atoms with Crippen molar-refractivity contribution in [3.05, 3.63) is 17.9 Å². The first-order valence-corrected chi connectivity index (χ1v) is 8.45. The molecule has 0 aromatic carbocycles. The molecule has 1 saturated carbocycles. The molecule has 0 saturated heterocycles. The Morgan fingerprint density at radius 2 is 2.05 bits per heavy atom. The summed E-state index contributed by atoms with van der Waals surface area (Å²) in [6.45, 7) is 1.86. The van der Waals surface area contributed by atoms with E-state index in [4.69, 9.17) is 14.9 Å². The standard InChI is InChI=1S/C13H20N2O5S/c1-2-19-13(16)11-7-8-12(20-11)21(17,18)15-10-5-3-9(14)4-6-10/h7-10,15H,2-6,14H2,1H3. The number of esters is 1. The minimum atomic E-state index is -3.77. The van der Waals surface area contributed by atoms with Crippen molar-refractivity contribution in [3.8, 4) is 0 Å². The average Bonchev–Trinajstić information content (AvgIpc) is 2.92. The third-order valence-electron chi connectivity index (χ3n) is 3.42. The van der Waals surface area contributed by atoms with Crippen LogP contribution in [-0.2, 0) is 14.8 Å². The monoisotopic (exact) mass is 316 g/mol. The van der Waals surface area contributed by atoms with Crippen molar-refractivity contribution in [2.45, 2.75) is 49.8 Å². The van der Waals surface area contributed by atoms with Crippen LogP contribution in [0, 0.1) is 0 Å². The number of carbonyl (C=O) groups is 1. The number of nitrogens with two attached hydrogens (primary N) is 1. The van der Waals surface area contributed by atoms with Gasteiger partial charge in [0.05, 0.1) is 6.61 Å². The van der Waals surface area contributed by atoms with Crippen molar-refractivity contribution in [2.24, 2.45) is 5.73 Å². The van der Waals surface area contributed by atoms with E-state index in [-0.39, 0.29) is 29.5 Å². The Bertz CT molecular complexity index is 587. The Balaban J connectivity index is 2.04. The van der Waals surface area contributed by atoms with Gasteiger partial charge in [0.15, 0.2) is 0 Å². The highest BCUT2D eigenvalue weighted by atomic mass is 32.2. The normalized spacial score (nSPS) is 23.0. The predicted molar refractivity (Wildman–Crippen MR) is 75.2 cm³/mol. The number of nitrogens with one attached hydrogen (secondary N) is 1. The van der Waals surface area contributed by atoms with Crippen LogP contribution in [0.5, 0.6) is 0 Å². The summed E-state index contributed by atoms with van der Waals surface area (Å²) in [5, 5.41) is -0.277. The molecule has 1 heterocycles. The molecule has 0 spiro atoms. The van der Waals surface area contributed by atoms with Crippen molar-refractivity contribution in [2.75, 3.05) is 6.61 Å². The molecule has 0 aliphatic heterocycles. The molecule has 0 amide bonds. The van der Waals surface area contributed by atoms with Gasteiger partial charge in [0, 0.05) is 12.1 Å². The van der Waals surface area contributed by atoms with Crippen LogP contribution in [0.1, 0.15) is 43.2 Å². The van der Waals surface area contributed by atoms with Crippen LogP contribution in [0.3, 0.4) is 0 Å². The highest BCUT2D eigenvalue weighted by molar-refractivity contribution is 7.89. The van der Waals surface area contributed by atoms with Crippen LogP contribution < -0.4 is 10.5 Å². The van der Waals surface area contributed by atoms with Crippen LogP contribution in [0.4, 0.5) is 0 Å². The maximum absolute atomic E-state index is 12.2. The second kappa shape index (κ2) is 6.59. The van der Waals surface area contributed by atoms with Crippen LogP contribution in [0.2, 0.25) is 0 Å². The van der Waals surface area contributed by atoms with E-state index in [0.29, 0.717) is 12.8 Å². The van der Waals surface area contributed by atoms with E-state index in [2.05, 4.69) is 4.72 Å². The Kier molecular flexibility index (Phi) is 5.02. The second-order valence-corrected chi connectivity index (χ2v) is 6.72. The van der Waals surface area contributed by atoms with Gasteiger partial charge in [0.2, 0.25) is 10.9 Å². The first-order valence-electron chi connectivity index (χ1n) is 6.97. The molecule has 8 heteroatoms. The van der Waals surface area contributed by atoms with Crippen molar-refractivity contribution in [1.29, 1.82) is 0 Å². The summed E-state index contributed by atoms with van der Waals surface area (Å²) in [4.78, 5) is 11.5. The van der Waals surface area contributed by atoms with Gasteiger partial charge in [-0.1, -0.05) is 0 Å². The molecular weight excluding hydrogens is 296 g/mol. The first kappa shape index (κ1) is 16.0. The van der Waals surface area contributed by atoms with Crippen LogP contribution in [-0.4, -0.2) is 33.1 Å². The smallest absolute Gasteiger partial charge is 0.374 e. The number of hydrogen-bond donors (Lipinski definition) is 2. The lowest BCUT2D eigenvalue weighted by Gasteiger charge is -2.26. The second-order valence-electron chi connectivity index (χ2n) is 5.07. The first-order chi connectivity index (χ1) is 9.92. The van der Waals surface area contributed by atoms with Gasteiger partial charge in [-0.2, -0.15) is 0 Å². The molecule has 21 heavy (non-hydrogen) atoms. The van der Waals surface area contributed by atoms with Crippen LogP contribution in [0.15, 0.2) is 21.6 Å². The zero-order chi connectivity index (χ0) is 15.5. The lowest BCUT2D eigenvalue weighted by atomic mass is 9.93. The van der Waals surface area contributed by atoms with Gasteiger partial charge in [-0.05, 0) is 44.7 Å². The van der Waals surface area contributed by atoms with Crippen molar-refractivity contribution < 1.29 is 22.4 Å². The van der Waals surface area contributed by atoms with E-state index in [9.17, 15) is 13.2 Å².